The van der Waals surface area contributed by atoms with Gasteiger partial charge in [-0.05, 0) is 73.0 Å². The summed E-state index contributed by atoms with van der Waals surface area (Å²) in [5.41, 5.74) is 4.65. The molecule has 0 unspecified atom stereocenters. The van der Waals surface area contributed by atoms with Crippen molar-refractivity contribution in [3.05, 3.63) is 88.2 Å². The van der Waals surface area contributed by atoms with Gasteiger partial charge in [0.2, 0.25) is 0 Å². The lowest BCUT2D eigenvalue weighted by Crippen LogP contribution is -2.20. The Hall–Kier alpha value is -3.05. The second-order valence-electron chi connectivity index (χ2n) is 6.71. The highest BCUT2D eigenvalue weighted by Crippen LogP contribution is 2.26. The van der Waals surface area contributed by atoms with E-state index in [9.17, 15) is 9.18 Å². The molecule has 2 N–H and O–H groups in total. The van der Waals surface area contributed by atoms with Gasteiger partial charge in [-0.2, -0.15) is 0 Å². The van der Waals surface area contributed by atoms with Crippen molar-refractivity contribution in [3.8, 4) is 5.75 Å². The second-order valence-corrected chi connectivity index (χ2v) is 7.12. The fourth-order valence-electron chi connectivity index (χ4n) is 2.76. The Balaban J connectivity index is 1.54. The summed E-state index contributed by atoms with van der Waals surface area (Å²) in [5.74, 6) is -0.0909. The third kappa shape index (κ3) is 5.72. The van der Waals surface area contributed by atoms with Crippen LogP contribution in [0, 0.1) is 19.7 Å². The standard InChI is InChI=1S/C23H22ClFN2O2/c1-15-4-3-5-21(16(15)2)27-23(28)14-29-22-11-6-17(12-20(22)24)13-26-19-9-7-18(25)8-10-19/h3-12,26H,13-14H2,1-2H3,(H,27,28). The van der Waals surface area contributed by atoms with Gasteiger partial charge in [-0.3, -0.25) is 4.79 Å². The lowest BCUT2D eigenvalue weighted by Gasteiger charge is -2.12. The average molecular weight is 413 g/mol. The summed E-state index contributed by atoms with van der Waals surface area (Å²) in [6.45, 7) is 4.34. The van der Waals surface area contributed by atoms with Crippen LogP contribution in [0.25, 0.3) is 0 Å². The highest BCUT2D eigenvalue weighted by molar-refractivity contribution is 6.32. The van der Waals surface area contributed by atoms with E-state index >= 15 is 0 Å². The summed E-state index contributed by atoms with van der Waals surface area (Å²) >= 11 is 6.29. The van der Waals surface area contributed by atoms with E-state index in [2.05, 4.69) is 10.6 Å². The molecule has 4 nitrogen and oxygen atoms in total. The average Bonchev–Trinajstić information content (AvgIpc) is 2.70. The molecule has 0 saturated carbocycles. The number of carbonyl (C=O) groups is 1. The minimum atomic E-state index is -0.276. The lowest BCUT2D eigenvalue weighted by molar-refractivity contribution is -0.118. The smallest absolute Gasteiger partial charge is 0.262 e. The van der Waals surface area contributed by atoms with Gasteiger partial charge >= 0.3 is 0 Å². The van der Waals surface area contributed by atoms with Gasteiger partial charge in [-0.1, -0.05) is 29.8 Å². The Morgan fingerprint density at radius 3 is 2.55 bits per heavy atom. The molecule has 3 aromatic carbocycles. The predicted octanol–water partition coefficient (Wildman–Crippen LogP) is 5.73. The maximum atomic E-state index is 12.9. The molecule has 6 heteroatoms. The molecular weight excluding hydrogens is 391 g/mol. The fraction of sp³-hybridized carbons (Fsp3) is 0.174. The number of carbonyl (C=O) groups excluding carboxylic acids is 1. The molecule has 0 radical (unpaired) electrons. The topological polar surface area (TPSA) is 50.4 Å². The van der Waals surface area contributed by atoms with Crippen molar-refractivity contribution in [3.63, 3.8) is 0 Å². The number of anilines is 2. The molecule has 0 saturated heterocycles. The molecule has 0 fully saturated rings. The number of benzene rings is 3. The Bertz CT molecular complexity index is 1010. The van der Waals surface area contributed by atoms with Gasteiger partial charge < -0.3 is 15.4 Å². The van der Waals surface area contributed by atoms with Crippen molar-refractivity contribution in [1.29, 1.82) is 0 Å². The summed E-state index contributed by atoms with van der Waals surface area (Å²) < 4.78 is 18.5. The van der Waals surface area contributed by atoms with E-state index in [0.29, 0.717) is 17.3 Å². The molecule has 3 aromatic rings. The molecule has 3 rings (SSSR count). The summed E-state index contributed by atoms with van der Waals surface area (Å²) in [6.07, 6.45) is 0. The van der Waals surface area contributed by atoms with E-state index in [-0.39, 0.29) is 18.3 Å². The molecule has 0 aliphatic heterocycles. The van der Waals surface area contributed by atoms with Crippen LogP contribution in [-0.2, 0) is 11.3 Å². The van der Waals surface area contributed by atoms with E-state index < -0.39 is 0 Å². The predicted molar refractivity (Wildman–Crippen MR) is 115 cm³/mol. The molecule has 0 atom stereocenters. The van der Waals surface area contributed by atoms with Crippen LogP contribution in [0.1, 0.15) is 16.7 Å². The number of hydrogen-bond donors (Lipinski definition) is 2. The monoisotopic (exact) mass is 412 g/mol. The van der Waals surface area contributed by atoms with Gasteiger partial charge in [-0.25, -0.2) is 4.39 Å². The first-order valence-electron chi connectivity index (χ1n) is 9.19. The summed E-state index contributed by atoms with van der Waals surface area (Å²) in [7, 11) is 0. The van der Waals surface area contributed by atoms with Crippen molar-refractivity contribution < 1.29 is 13.9 Å². The van der Waals surface area contributed by atoms with Crippen molar-refractivity contribution in [2.75, 3.05) is 17.2 Å². The normalized spacial score (nSPS) is 10.5. The van der Waals surface area contributed by atoms with Crippen LogP contribution in [-0.4, -0.2) is 12.5 Å². The van der Waals surface area contributed by atoms with Gasteiger partial charge in [0.25, 0.3) is 5.91 Å². The Morgan fingerprint density at radius 1 is 1.07 bits per heavy atom. The zero-order chi connectivity index (χ0) is 20.8. The molecule has 1 amide bonds. The molecule has 29 heavy (non-hydrogen) atoms. The van der Waals surface area contributed by atoms with Crippen molar-refractivity contribution in [2.24, 2.45) is 0 Å². The van der Waals surface area contributed by atoms with E-state index in [1.165, 1.54) is 12.1 Å². The minimum absolute atomic E-state index is 0.139. The van der Waals surface area contributed by atoms with Crippen LogP contribution in [0.4, 0.5) is 15.8 Å². The van der Waals surface area contributed by atoms with Gasteiger partial charge in [0.15, 0.2) is 6.61 Å². The van der Waals surface area contributed by atoms with Gasteiger partial charge in [0.05, 0.1) is 5.02 Å². The van der Waals surface area contributed by atoms with E-state index in [0.717, 1.165) is 28.1 Å². The molecule has 150 valence electrons. The van der Waals surface area contributed by atoms with Crippen molar-refractivity contribution >= 4 is 28.9 Å². The molecule has 0 bridgehead atoms. The minimum Gasteiger partial charge on any atom is -0.482 e. The zero-order valence-electron chi connectivity index (χ0n) is 16.3. The van der Waals surface area contributed by atoms with E-state index in [1.54, 1.807) is 24.3 Å². The SMILES string of the molecule is Cc1cccc(NC(=O)COc2ccc(CNc3ccc(F)cc3)cc2Cl)c1C. The third-order valence-corrected chi connectivity index (χ3v) is 4.87. The van der Waals surface area contributed by atoms with Gasteiger partial charge in [0, 0.05) is 17.9 Å². The quantitative estimate of drug-likeness (QED) is 0.521. The number of hydrogen-bond acceptors (Lipinski definition) is 3. The number of aryl methyl sites for hydroxylation is 1. The summed E-state index contributed by atoms with van der Waals surface area (Å²) in [6, 6.07) is 17.3. The van der Waals surface area contributed by atoms with E-state index in [4.69, 9.17) is 16.3 Å². The van der Waals surface area contributed by atoms with Gasteiger partial charge in [-0.15, -0.1) is 0 Å². The summed E-state index contributed by atoms with van der Waals surface area (Å²) in [4.78, 5) is 12.2. The fourth-order valence-corrected chi connectivity index (χ4v) is 3.02. The maximum Gasteiger partial charge on any atom is 0.262 e. The molecule has 0 aliphatic carbocycles. The molecule has 0 spiro atoms. The Labute approximate surface area is 174 Å². The Morgan fingerprint density at radius 2 is 1.83 bits per heavy atom. The zero-order valence-corrected chi connectivity index (χ0v) is 17.0. The second kappa shape index (κ2) is 9.43. The number of halogens is 2. The first-order chi connectivity index (χ1) is 13.9. The first kappa shape index (κ1) is 20.7. The number of amides is 1. The highest BCUT2D eigenvalue weighted by Gasteiger charge is 2.09. The highest BCUT2D eigenvalue weighted by atomic mass is 35.5. The third-order valence-electron chi connectivity index (χ3n) is 4.57. The van der Waals surface area contributed by atoms with Crippen LogP contribution in [0.15, 0.2) is 60.7 Å². The molecular formula is C23H22ClFN2O2. The van der Waals surface area contributed by atoms with E-state index in [1.807, 2.05) is 38.1 Å². The molecule has 0 aliphatic rings. The van der Waals surface area contributed by atoms with Crippen LogP contribution in [0.3, 0.4) is 0 Å². The first-order valence-corrected chi connectivity index (χ1v) is 9.57. The van der Waals surface area contributed by atoms with Crippen LogP contribution >= 0.6 is 11.6 Å². The number of rotatable bonds is 7. The lowest BCUT2D eigenvalue weighted by atomic mass is 10.1. The van der Waals surface area contributed by atoms with Crippen LogP contribution in [0.5, 0.6) is 5.75 Å². The van der Waals surface area contributed by atoms with Gasteiger partial charge in [0.1, 0.15) is 11.6 Å². The maximum absolute atomic E-state index is 12.9. The molecule has 0 heterocycles. The van der Waals surface area contributed by atoms with Crippen molar-refractivity contribution in [2.45, 2.75) is 20.4 Å². The number of ether oxygens (including phenoxy) is 1. The molecule has 0 aromatic heterocycles. The Kier molecular flexibility index (Phi) is 6.73. The summed E-state index contributed by atoms with van der Waals surface area (Å²) in [5, 5.41) is 6.46. The van der Waals surface area contributed by atoms with Crippen LogP contribution < -0.4 is 15.4 Å². The largest absolute Gasteiger partial charge is 0.482 e. The van der Waals surface area contributed by atoms with Crippen LogP contribution in [0.2, 0.25) is 5.02 Å². The van der Waals surface area contributed by atoms with Crippen molar-refractivity contribution in [1.82, 2.24) is 0 Å². The number of nitrogens with one attached hydrogen (secondary N) is 2.